The summed E-state index contributed by atoms with van der Waals surface area (Å²) in [6.07, 6.45) is 4.04. The fourth-order valence-corrected chi connectivity index (χ4v) is 7.75. The van der Waals surface area contributed by atoms with E-state index in [9.17, 15) is 62.3 Å². The average Bonchev–Trinajstić information content (AvgIpc) is 4.04. The van der Waals surface area contributed by atoms with Crippen LogP contribution in [0.2, 0.25) is 0 Å². The summed E-state index contributed by atoms with van der Waals surface area (Å²) in [6.45, 7) is 27.0. The summed E-state index contributed by atoms with van der Waals surface area (Å²) in [5.41, 5.74) is -4.30. The number of nitrogens with zero attached hydrogens (tertiary/aromatic N) is 1. The van der Waals surface area contributed by atoms with Crippen LogP contribution in [-0.2, 0) is 71.8 Å². The number of imide groups is 1. The topological polar surface area (TPSA) is 352 Å². The van der Waals surface area contributed by atoms with Crippen molar-refractivity contribution in [2.45, 2.75) is 204 Å². The van der Waals surface area contributed by atoms with E-state index in [1.54, 1.807) is 55.4 Å². The Morgan fingerprint density at radius 1 is 0.506 bits per heavy atom. The molecule has 0 fully saturated rings. The molecule has 0 radical (unpaired) electrons. The maximum absolute atomic E-state index is 14.5. The van der Waals surface area contributed by atoms with Gasteiger partial charge in [-0.15, -0.1) is 0 Å². The first-order chi connectivity index (χ1) is 39.4. The van der Waals surface area contributed by atoms with Crippen molar-refractivity contribution in [3.05, 3.63) is 12.2 Å². The lowest BCUT2D eigenvalue weighted by molar-refractivity contribution is -0.138. The molecule has 1 aliphatic heterocycles. The van der Waals surface area contributed by atoms with Gasteiger partial charge in [0.1, 0.15) is 30.7 Å². The number of amides is 11. The predicted octanol–water partition coefficient (Wildman–Crippen LogP) is 2.12. The Balaban J connectivity index is 3.56. The molecule has 4 unspecified atom stereocenters. The van der Waals surface area contributed by atoms with Gasteiger partial charge >= 0.3 is 0 Å². The summed E-state index contributed by atoms with van der Waals surface area (Å²) in [5, 5.41) is 24.3. The SMILES string of the molecule is CCC(C)(C=O)CNC(=O)CCNC(=O)C(NC(=O)CC(NC(=O)CCN1C(=O)C=CC1=O)C(=O)N[C@@H](CCCCNC(=O)C(C)(C)COC(C)(C)C)C(=O)NCCC(=O)NCC(C)(C=O)CC)[C@@H](C)CCCNC(=O)C(C)(C)COC(C)(C)C. The van der Waals surface area contributed by atoms with Crippen molar-refractivity contribution in [1.29, 1.82) is 0 Å². The molecule has 0 spiro atoms. The van der Waals surface area contributed by atoms with Gasteiger partial charge in [-0.3, -0.25) is 57.6 Å². The summed E-state index contributed by atoms with van der Waals surface area (Å²) < 4.78 is 11.7. The molecule has 0 aromatic rings. The Hall–Kier alpha value is -6.63. The Bertz CT molecular complexity index is 2330. The Morgan fingerprint density at radius 3 is 1.41 bits per heavy atom. The van der Waals surface area contributed by atoms with Crippen LogP contribution >= 0.6 is 0 Å². The van der Waals surface area contributed by atoms with Crippen molar-refractivity contribution < 1.29 is 71.8 Å². The zero-order valence-electron chi connectivity index (χ0n) is 53.3. The molecule has 0 bridgehead atoms. The molecule has 0 saturated carbocycles. The zero-order chi connectivity index (χ0) is 65.0. The van der Waals surface area contributed by atoms with E-state index in [0.29, 0.717) is 25.7 Å². The van der Waals surface area contributed by atoms with Crippen LogP contribution in [0.3, 0.4) is 0 Å². The van der Waals surface area contributed by atoms with Crippen LogP contribution in [0, 0.1) is 27.6 Å². The molecule has 25 nitrogen and oxygen atoms in total. The summed E-state index contributed by atoms with van der Waals surface area (Å²) in [7, 11) is 0. The molecular weight excluding hydrogens is 1100 g/mol. The zero-order valence-corrected chi connectivity index (χ0v) is 53.3. The quantitative estimate of drug-likeness (QED) is 0.0241. The third-order valence-electron chi connectivity index (χ3n) is 14.5. The van der Waals surface area contributed by atoms with Gasteiger partial charge in [0.15, 0.2) is 0 Å². The van der Waals surface area contributed by atoms with Gasteiger partial charge in [-0.25, -0.2) is 0 Å². The van der Waals surface area contributed by atoms with E-state index in [-0.39, 0.29) is 103 Å². The summed E-state index contributed by atoms with van der Waals surface area (Å²) in [5.74, 6) is -7.62. The molecule has 25 heteroatoms. The molecule has 11 amide bonds. The van der Waals surface area contributed by atoms with Crippen molar-refractivity contribution in [1.82, 2.24) is 52.8 Å². The Labute approximate surface area is 503 Å². The monoisotopic (exact) mass is 1200 g/mol. The lowest BCUT2D eigenvalue weighted by atomic mass is 9.89. The first kappa shape index (κ1) is 76.4. The van der Waals surface area contributed by atoms with Crippen LogP contribution in [0.25, 0.3) is 0 Å². The molecule has 6 atom stereocenters. The number of carbonyl (C=O) groups excluding carboxylic acids is 13. The van der Waals surface area contributed by atoms with E-state index >= 15 is 0 Å². The van der Waals surface area contributed by atoms with Crippen molar-refractivity contribution in [2.24, 2.45) is 27.6 Å². The van der Waals surface area contributed by atoms with Crippen LogP contribution in [0.4, 0.5) is 0 Å². The smallest absolute Gasteiger partial charge is 0.253 e. The number of carbonyl (C=O) groups is 13. The third-order valence-corrected chi connectivity index (χ3v) is 14.5. The van der Waals surface area contributed by atoms with Gasteiger partial charge in [0.25, 0.3) is 11.8 Å². The van der Waals surface area contributed by atoms with Crippen LogP contribution in [-0.4, -0.2) is 171 Å². The molecule has 0 aromatic carbocycles. The standard InChI is InChI=1S/C60H102N10O15/c1-16-59(14,36-71)34-65-43(73)25-30-61-50(79)41(22-18-19-28-63-53(82)57(10,11)38-84-55(4,5)6)68-51(80)42(67-45(75)27-32-70-47(77)23-24-48(70)78)33-46(76)69-49(52(81)62-31-26-44(74)66-35-60(15,17-2)37-72)40(3)21-20-29-64-54(83)58(12,13)39-85-56(7,8)9/h23-24,36-37,40-42,49H,16-22,25-35,38-39H2,1-15H3,(H,61,79)(H,62,81)(H,63,82)(H,64,83)(H,65,73)(H,66,74)(H,67,75)(H,68,80)(H,69,76)/t40-,41-,42?,49?,59?,60?/m0/s1. The molecule has 0 aromatic heterocycles. The van der Waals surface area contributed by atoms with Gasteiger partial charge in [0, 0.05) is 88.1 Å². The number of hydrogen-bond donors (Lipinski definition) is 9. The van der Waals surface area contributed by atoms with Gasteiger partial charge in [0.05, 0.1) is 41.7 Å². The van der Waals surface area contributed by atoms with Gasteiger partial charge in [0.2, 0.25) is 53.2 Å². The van der Waals surface area contributed by atoms with Crippen LogP contribution in [0.5, 0.6) is 0 Å². The molecule has 1 aliphatic rings. The summed E-state index contributed by atoms with van der Waals surface area (Å²) >= 11 is 0. The number of aldehydes is 2. The highest BCUT2D eigenvalue weighted by Crippen LogP contribution is 2.22. The van der Waals surface area contributed by atoms with Crippen molar-refractivity contribution in [3.8, 4) is 0 Å². The number of rotatable bonds is 41. The Kier molecular flexibility index (Phi) is 32.1. The fourth-order valence-electron chi connectivity index (χ4n) is 7.75. The summed E-state index contributed by atoms with van der Waals surface area (Å²) in [4.78, 5) is 171. The van der Waals surface area contributed by atoms with Crippen molar-refractivity contribution in [3.63, 3.8) is 0 Å². The van der Waals surface area contributed by atoms with E-state index in [1.807, 2.05) is 48.5 Å². The van der Waals surface area contributed by atoms with Crippen molar-refractivity contribution >= 4 is 77.6 Å². The first-order valence-electron chi connectivity index (χ1n) is 29.6. The third kappa shape index (κ3) is 30.3. The molecule has 482 valence electrons. The lowest BCUT2D eigenvalue weighted by Gasteiger charge is -2.29. The molecule has 0 saturated heterocycles. The highest BCUT2D eigenvalue weighted by molar-refractivity contribution is 6.13. The van der Waals surface area contributed by atoms with Crippen LogP contribution in [0.1, 0.15) is 174 Å². The molecule has 1 heterocycles. The number of nitrogens with one attached hydrogen (secondary N) is 9. The minimum absolute atomic E-state index is 0.0289. The van der Waals surface area contributed by atoms with Crippen LogP contribution in [0.15, 0.2) is 12.2 Å². The van der Waals surface area contributed by atoms with Gasteiger partial charge in [-0.2, -0.15) is 0 Å². The van der Waals surface area contributed by atoms with Gasteiger partial charge in [-0.1, -0.05) is 34.6 Å². The van der Waals surface area contributed by atoms with Crippen LogP contribution < -0.4 is 47.9 Å². The molecule has 1 rings (SSSR count). The number of hydrogen-bond acceptors (Lipinski definition) is 15. The minimum Gasteiger partial charge on any atom is -0.375 e. The highest BCUT2D eigenvalue weighted by Gasteiger charge is 2.35. The van der Waals surface area contributed by atoms with E-state index in [4.69, 9.17) is 9.47 Å². The second-order valence-corrected chi connectivity index (χ2v) is 25.9. The maximum Gasteiger partial charge on any atom is 0.253 e. The summed E-state index contributed by atoms with van der Waals surface area (Å²) in [6, 6.07) is -4.37. The number of unbranched alkanes of at least 4 members (excludes halogenated alkanes) is 1. The second-order valence-electron chi connectivity index (χ2n) is 25.9. The van der Waals surface area contributed by atoms with Crippen molar-refractivity contribution in [2.75, 3.05) is 59.0 Å². The number of ether oxygens (including phenoxy) is 2. The normalized spacial score (nSPS) is 15.6. The Morgan fingerprint density at radius 2 is 0.965 bits per heavy atom. The maximum atomic E-state index is 14.5. The molecule has 85 heavy (non-hydrogen) atoms. The van der Waals surface area contributed by atoms with Gasteiger partial charge in [-0.05, 0) is 120 Å². The van der Waals surface area contributed by atoms with Gasteiger partial charge < -0.3 is 66.9 Å². The van der Waals surface area contributed by atoms with E-state index in [1.165, 1.54) is 0 Å². The van der Waals surface area contributed by atoms with E-state index in [2.05, 4.69) is 47.9 Å². The molecule has 9 N–H and O–H groups in total. The minimum atomic E-state index is -1.73. The highest BCUT2D eigenvalue weighted by atomic mass is 16.5. The van der Waals surface area contributed by atoms with E-state index in [0.717, 1.165) is 29.6 Å². The first-order valence-corrected chi connectivity index (χ1v) is 29.6. The molecule has 0 aliphatic carbocycles. The lowest BCUT2D eigenvalue weighted by Crippen LogP contribution is -2.56. The van der Waals surface area contributed by atoms with E-state index < -0.39 is 123 Å². The second kappa shape index (κ2) is 35.7. The predicted molar refractivity (Wildman–Crippen MR) is 318 cm³/mol. The average molecular weight is 1200 g/mol. The fraction of sp³-hybridized carbons (Fsp3) is 0.750. The largest absolute Gasteiger partial charge is 0.375 e. The molecular formula is C60H102N10O15.